The first-order valence-corrected chi connectivity index (χ1v) is 19.9. The molecule has 13 nitrogen and oxygen atoms in total. The third kappa shape index (κ3) is 9.59. The maximum absolute atomic E-state index is 13.2. The van der Waals surface area contributed by atoms with Crippen LogP contribution in [-0.4, -0.2) is 78.7 Å². The zero-order valence-electron chi connectivity index (χ0n) is 33.3. The van der Waals surface area contributed by atoms with Crippen molar-refractivity contribution in [1.82, 2.24) is 14.2 Å². The third-order valence-corrected chi connectivity index (χ3v) is 11.8. The monoisotopic (exact) mass is 788 g/mol. The Hall–Kier alpha value is -4.38. The van der Waals surface area contributed by atoms with Gasteiger partial charge in [-0.1, -0.05) is 54.6 Å². The predicted octanol–water partition coefficient (Wildman–Crippen LogP) is 6.91. The van der Waals surface area contributed by atoms with Crippen LogP contribution in [0, 0.1) is 11.3 Å². The number of ether oxygens (including phenoxy) is 5. The van der Waals surface area contributed by atoms with E-state index in [4.69, 9.17) is 32.7 Å². The van der Waals surface area contributed by atoms with Gasteiger partial charge in [0.1, 0.15) is 29.3 Å². The van der Waals surface area contributed by atoms with Crippen molar-refractivity contribution >= 4 is 8.53 Å². The van der Waals surface area contributed by atoms with Crippen LogP contribution in [0.3, 0.4) is 0 Å². The highest BCUT2D eigenvalue weighted by Gasteiger charge is 2.51. The molecule has 0 aliphatic carbocycles. The van der Waals surface area contributed by atoms with Crippen LogP contribution >= 0.6 is 8.53 Å². The van der Waals surface area contributed by atoms with Gasteiger partial charge >= 0.3 is 5.69 Å². The second-order valence-electron chi connectivity index (χ2n) is 14.1. The lowest BCUT2D eigenvalue weighted by molar-refractivity contribution is -0.0880. The van der Waals surface area contributed by atoms with Crippen molar-refractivity contribution in [3.05, 3.63) is 129 Å². The minimum Gasteiger partial charge on any atom is -0.497 e. The van der Waals surface area contributed by atoms with Crippen molar-refractivity contribution in [2.45, 2.75) is 95.8 Å². The summed E-state index contributed by atoms with van der Waals surface area (Å²) in [5, 5.41) is 9.34. The van der Waals surface area contributed by atoms with Crippen LogP contribution in [0.25, 0.3) is 0 Å². The topological polar surface area (TPSA) is 147 Å². The summed E-state index contributed by atoms with van der Waals surface area (Å²) < 4.78 is 47.9. The van der Waals surface area contributed by atoms with Crippen LogP contribution < -0.4 is 20.7 Å². The highest BCUT2D eigenvalue weighted by atomic mass is 31.2. The van der Waals surface area contributed by atoms with Crippen LogP contribution in [0.15, 0.2) is 101 Å². The summed E-state index contributed by atoms with van der Waals surface area (Å²) in [6, 6.07) is 29.1. The molecule has 0 spiro atoms. The van der Waals surface area contributed by atoms with E-state index in [-0.39, 0.29) is 25.1 Å². The number of methoxy groups -OCH3 is 3. The standard InChI is InChI=1S/C42H53N4O9P/c1-28(2)46(29(3)4)56(52-26-12-24-43)55-38-36(53-40(39(38)51-8)45-25-23-37(47)44-41(45)48)27-30(5)54-42(31-13-10-9-11-14-31,32-15-19-34(49-6)20-16-32)33-17-21-35(50-7)22-18-33/h9-11,13-23,25,28-30,36,38-40H,12,26-27H2,1-8H3,(H,44,47,48)/t30-,36-,38-,39-,40-,56?/m1/s1. The van der Waals surface area contributed by atoms with Crippen LogP contribution in [-0.2, 0) is 28.9 Å². The fraction of sp³-hybridized carbons (Fsp3) is 0.452. The molecule has 3 aromatic carbocycles. The third-order valence-electron chi connectivity index (χ3n) is 9.67. The maximum Gasteiger partial charge on any atom is 0.330 e. The van der Waals surface area contributed by atoms with Crippen molar-refractivity contribution in [3.8, 4) is 17.6 Å². The molecule has 56 heavy (non-hydrogen) atoms. The Labute approximate surface area is 330 Å². The molecule has 300 valence electrons. The number of nitrogens with zero attached hydrogens (tertiary/aromatic N) is 3. The Morgan fingerprint density at radius 2 is 1.41 bits per heavy atom. The molecular formula is C42H53N4O9P. The second-order valence-corrected chi connectivity index (χ2v) is 15.5. The van der Waals surface area contributed by atoms with Crippen LogP contribution in [0.5, 0.6) is 11.5 Å². The zero-order valence-corrected chi connectivity index (χ0v) is 34.2. The van der Waals surface area contributed by atoms with Gasteiger partial charge in [-0.05, 0) is 75.6 Å². The van der Waals surface area contributed by atoms with Crippen LogP contribution in [0.2, 0.25) is 0 Å². The molecule has 1 aliphatic rings. The van der Waals surface area contributed by atoms with Crippen molar-refractivity contribution in [3.63, 3.8) is 0 Å². The van der Waals surface area contributed by atoms with E-state index in [0.29, 0.717) is 17.9 Å². The maximum atomic E-state index is 13.2. The fourth-order valence-electron chi connectivity index (χ4n) is 7.23. The summed E-state index contributed by atoms with van der Waals surface area (Å²) >= 11 is 0. The molecule has 5 rings (SSSR count). The van der Waals surface area contributed by atoms with E-state index in [9.17, 15) is 14.9 Å². The normalized spacial score (nSPS) is 19.6. The molecule has 1 aromatic heterocycles. The second kappa shape index (κ2) is 19.7. The minimum absolute atomic E-state index is 0.0327. The molecule has 6 atom stereocenters. The molecule has 1 fully saturated rings. The SMILES string of the molecule is COc1ccc(C(O[C@H](C)C[C@H]2O[C@@H](n3ccc(=O)[nH]c3=O)[C@H](OC)[C@@H]2OP(OCCC#N)N(C(C)C)C(C)C)(c2ccccc2)c2ccc(OC)cc2)cc1. The Bertz CT molecular complexity index is 1930. The molecule has 1 unspecified atom stereocenters. The van der Waals surface area contributed by atoms with E-state index in [1.807, 2.05) is 85.8 Å². The molecule has 0 bridgehead atoms. The van der Waals surface area contributed by atoms with Gasteiger partial charge in [-0.25, -0.2) is 9.46 Å². The highest BCUT2D eigenvalue weighted by Crippen LogP contribution is 2.51. The van der Waals surface area contributed by atoms with Gasteiger partial charge in [0.25, 0.3) is 14.1 Å². The number of aromatic nitrogens is 2. The lowest BCUT2D eigenvalue weighted by Gasteiger charge is -2.40. The van der Waals surface area contributed by atoms with Crippen molar-refractivity contribution in [2.75, 3.05) is 27.9 Å². The van der Waals surface area contributed by atoms with E-state index in [1.165, 1.54) is 23.9 Å². The van der Waals surface area contributed by atoms with Crippen molar-refractivity contribution < 1.29 is 32.7 Å². The number of nitrogens with one attached hydrogen (secondary N) is 1. The number of rotatable bonds is 19. The summed E-state index contributed by atoms with van der Waals surface area (Å²) in [5.74, 6) is 1.41. The van der Waals surface area contributed by atoms with Gasteiger partial charge in [0.05, 0.1) is 45.5 Å². The van der Waals surface area contributed by atoms with Gasteiger partial charge in [0, 0.05) is 37.9 Å². The quantitative estimate of drug-likeness (QED) is 0.0601. The van der Waals surface area contributed by atoms with Gasteiger partial charge in [-0.2, -0.15) is 5.26 Å². The number of H-pyrrole nitrogens is 1. The molecule has 14 heteroatoms. The van der Waals surface area contributed by atoms with E-state index in [0.717, 1.165) is 16.7 Å². The summed E-state index contributed by atoms with van der Waals surface area (Å²) in [6.45, 7) is 10.4. The number of hydrogen-bond donors (Lipinski definition) is 1. The van der Waals surface area contributed by atoms with Crippen molar-refractivity contribution in [1.29, 1.82) is 5.26 Å². The zero-order chi connectivity index (χ0) is 40.4. The number of nitriles is 1. The lowest BCUT2D eigenvalue weighted by atomic mass is 9.79. The summed E-state index contributed by atoms with van der Waals surface area (Å²) in [5.41, 5.74) is 0.352. The summed E-state index contributed by atoms with van der Waals surface area (Å²) in [6.07, 6.45) is -1.85. The molecule has 1 saturated heterocycles. The van der Waals surface area contributed by atoms with E-state index < -0.39 is 56.0 Å². The van der Waals surface area contributed by atoms with Gasteiger partial charge in [-0.3, -0.25) is 14.3 Å². The highest BCUT2D eigenvalue weighted by molar-refractivity contribution is 7.44. The van der Waals surface area contributed by atoms with E-state index in [1.54, 1.807) is 14.2 Å². The number of hydrogen-bond acceptors (Lipinski definition) is 11. The Morgan fingerprint density at radius 1 is 0.839 bits per heavy atom. The van der Waals surface area contributed by atoms with Gasteiger partial charge in [0.2, 0.25) is 0 Å². The fourth-order valence-corrected chi connectivity index (χ4v) is 9.00. The Kier molecular flexibility index (Phi) is 15.0. The molecule has 2 heterocycles. The molecule has 1 aliphatic heterocycles. The van der Waals surface area contributed by atoms with Crippen LogP contribution in [0.4, 0.5) is 0 Å². The lowest BCUT2D eigenvalue weighted by Crippen LogP contribution is -2.42. The summed E-state index contributed by atoms with van der Waals surface area (Å²) in [4.78, 5) is 27.6. The van der Waals surface area contributed by atoms with Gasteiger partial charge in [-0.15, -0.1) is 0 Å². The minimum atomic E-state index is -1.74. The molecule has 0 radical (unpaired) electrons. The molecular weight excluding hydrogens is 735 g/mol. The van der Waals surface area contributed by atoms with Gasteiger partial charge < -0.3 is 32.7 Å². The first kappa shape index (κ1) is 42.8. The largest absolute Gasteiger partial charge is 0.497 e. The van der Waals surface area contributed by atoms with Crippen molar-refractivity contribution in [2.24, 2.45) is 0 Å². The molecule has 0 amide bonds. The van der Waals surface area contributed by atoms with E-state index in [2.05, 4.69) is 43.4 Å². The Morgan fingerprint density at radius 3 is 1.91 bits per heavy atom. The van der Waals surface area contributed by atoms with E-state index >= 15 is 0 Å². The Balaban J connectivity index is 1.60. The molecule has 1 N–H and O–H groups in total. The first-order valence-electron chi connectivity index (χ1n) is 18.7. The average molecular weight is 789 g/mol. The predicted molar refractivity (Wildman–Crippen MR) is 214 cm³/mol. The molecule has 4 aromatic rings. The van der Waals surface area contributed by atoms with Gasteiger partial charge in [0.15, 0.2) is 6.23 Å². The first-order chi connectivity index (χ1) is 27.0. The smallest absolute Gasteiger partial charge is 0.330 e. The molecule has 0 saturated carbocycles. The van der Waals surface area contributed by atoms with Crippen LogP contribution in [0.1, 0.15) is 70.4 Å². The summed E-state index contributed by atoms with van der Waals surface area (Å²) in [7, 11) is 3.05. The number of benzene rings is 3. The average Bonchev–Trinajstić information content (AvgIpc) is 3.52. The number of aromatic amines is 1.